The number of fused-ring (bicyclic) bond motifs is 1. The Hall–Kier alpha value is -4.30. The smallest absolute Gasteiger partial charge is 0.337 e. The molecule has 0 amide bonds. The Labute approximate surface area is 203 Å². The average Bonchev–Trinajstić information content (AvgIpc) is 3.32. The van der Waals surface area contributed by atoms with Crippen LogP contribution in [0.4, 0.5) is 11.4 Å². The number of para-hydroxylation sites is 1. The topological polar surface area (TPSA) is 95.1 Å². The molecule has 1 saturated heterocycles. The first-order valence-corrected chi connectivity index (χ1v) is 11.5. The first-order valence-electron chi connectivity index (χ1n) is 11.5. The summed E-state index contributed by atoms with van der Waals surface area (Å²) >= 11 is 0. The molecule has 2 aromatic carbocycles. The summed E-state index contributed by atoms with van der Waals surface area (Å²) in [4.78, 5) is 22.8. The third-order valence-corrected chi connectivity index (χ3v) is 6.33. The van der Waals surface area contributed by atoms with E-state index >= 15 is 0 Å². The van der Waals surface area contributed by atoms with E-state index in [1.54, 1.807) is 16.8 Å². The third-order valence-electron chi connectivity index (χ3n) is 6.33. The number of aliphatic imine (C=N–C) groups is 1. The first kappa shape index (κ1) is 22.5. The van der Waals surface area contributed by atoms with Crippen molar-refractivity contribution in [3.05, 3.63) is 83.8 Å². The van der Waals surface area contributed by atoms with Gasteiger partial charge in [0.25, 0.3) is 0 Å². The van der Waals surface area contributed by atoms with Gasteiger partial charge in [-0.15, -0.1) is 0 Å². The number of nitrogens with one attached hydrogen (secondary N) is 1. The number of carboxylic acids is 1. The number of anilines is 1. The van der Waals surface area contributed by atoms with Crippen molar-refractivity contribution in [1.29, 1.82) is 0 Å². The van der Waals surface area contributed by atoms with Crippen LogP contribution < -0.4 is 10.2 Å². The molecule has 176 valence electrons. The number of aromatic carboxylic acids is 1. The minimum Gasteiger partial charge on any atom is -0.478 e. The molecule has 0 saturated carbocycles. The SMILES string of the molecule is C=Nc1c(C(=O)O)cccc1/C(=C\C)c1cnn2cc(-c3ccc(N4CCNCC4)cc3)cnc12. The maximum absolute atomic E-state index is 11.7. The third kappa shape index (κ3) is 4.20. The molecule has 0 spiro atoms. The second-order valence-corrected chi connectivity index (χ2v) is 8.32. The fraction of sp³-hybridized carbons (Fsp3) is 0.185. The highest BCUT2D eigenvalue weighted by atomic mass is 16.4. The minimum absolute atomic E-state index is 0.104. The van der Waals surface area contributed by atoms with E-state index in [2.05, 4.69) is 51.3 Å². The molecule has 4 aromatic rings. The predicted octanol–water partition coefficient (Wildman–Crippen LogP) is 4.29. The molecule has 0 radical (unpaired) electrons. The fourth-order valence-corrected chi connectivity index (χ4v) is 4.56. The van der Waals surface area contributed by atoms with E-state index in [1.165, 1.54) is 11.8 Å². The molecule has 0 unspecified atom stereocenters. The lowest BCUT2D eigenvalue weighted by Crippen LogP contribution is -2.43. The fourth-order valence-electron chi connectivity index (χ4n) is 4.56. The van der Waals surface area contributed by atoms with Crippen LogP contribution in [0.25, 0.3) is 22.3 Å². The molecular weight excluding hydrogens is 440 g/mol. The molecule has 0 atom stereocenters. The Morgan fingerprint density at radius 3 is 2.49 bits per heavy atom. The van der Waals surface area contributed by atoms with E-state index < -0.39 is 5.97 Å². The molecular formula is C27H26N6O2. The average molecular weight is 467 g/mol. The molecule has 5 rings (SSSR count). The Morgan fingerprint density at radius 1 is 1.06 bits per heavy atom. The summed E-state index contributed by atoms with van der Waals surface area (Å²) in [5.41, 5.74) is 6.62. The number of aromatic nitrogens is 3. The van der Waals surface area contributed by atoms with Gasteiger partial charge in [0.1, 0.15) is 0 Å². The zero-order valence-corrected chi connectivity index (χ0v) is 19.5. The number of carbonyl (C=O) groups is 1. The summed E-state index contributed by atoms with van der Waals surface area (Å²) in [6, 6.07) is 13.6. The maximum Gasteiger partial charge on any atom is 0.337 e. The second-order valence-electron chi connectivity index (χ2n) is 8.32. The van der Waals surface area contributed by atoms with Gasteiger partial charge in [0.05, 0.1) is 17.4 Å². The largest absolute Gasteiger partial charge is 0.478 e. The van der Waals surface area contributed by atoms with E-state index in [9.17, 15) is 9.90 Å². The van der Waals surface area contributed by atoms with Crippen molar-refractivity contribution in [3.63, 3.8) is 0 Å². The number of hydrogen-bond donors (Lipinski definition) is 2. The zero-order chi connectivity index (χ0) is 24.4. The van der Waals surface area contributed by atoms with Crippen LogP contribution in [0.2, 0.25) is 0 Å². The van der Waals surface area contributed by atoms with Crippen molar-refractivity contribution < 1.29 is 9.90 Å². The van der Waals surface area contributed by atoms with Crippen molar-refractivity contribution in [2.24, 2.45) is 4.99 Å². The van der Waals surface area contributed by atoms with Crippen LogP contribution in [0.3, 0.4) is 0 Å². The van der Waals surface area contributed by atoms with E-state index in [0.29, 0.717) is 16.9 Å². The van der Waals surface area contributed by atoms with Crippen LogP contribution in [0.15, 0.2) is 72.1 Å². The highest BCUT2D eigenvalue weighted by Gasteiger charge is 2.19. The number of carboxylic acid groups (broad SMARTS) is 1. The van der Waals surface area contributed by atoms with Crippen LogP contribution in [0, 0.1) is 0 Å². The van der Waals surface area contributed by atoms with Crippen molar-refractivity contribution in [1.82, 2.24) is 19.9 Å². The van der Waals surface area contributed by atoms with Crippen LogP contribution in [0.1, 0.15) is 28.4 Å². The molecule has 2 N–H and O–H groups in total. The van der Waals surface area contributed by atoms with Gasteiger partial charge in [0.2, 0.25) is 0 Å². The molecule has 2 aromatic heterocycles. The number of rotatable bonds is 6. The lowest BCUT2D eigenvalue weighted by molar-refractivity contribution is 0.0698. The predicted molar refractivity (Wildman–Crippen MR) is 139 cm³/mol. The number of piperazine rings is 1. The molecule has 8 nitrogen and oxygen atoms in total. The van der Waals surface area contributed by atoms with Crippen molar-refractivity contribution in [3.8, 4) is 11.1 Å². The van der Waals surface area contributed by atoms with Gasteiger partial charge >= 0.3 is 5.97 Å². The van der Waals surface area contributed by atoms with Crippen molar-refractivity contribution in [2.45, 2.75) is 6.92 Å². The molecule has 0 bridgehead atoms. The molecule has 35 heavy (non-hydrogen) atoms. The van der Waals surface area contributed by atoms with Gasteiger partial charge in [-0.3, -0.25) is 4.99 Å². The van der Waals surface area contributed by atoms with E-state index in [0.717, 1.165) is 48.4 Å². The van der Waals surface area contributed by atoms with Gasteiger partial charge in [0, 0.05) is 61.0 Å². The Kier molecular flexibility index (Phi) is 6.12. The zero-order valence-electron chi connectivity index (χ0n) is 19.5. The lowest BCUT2D eigenvalue weighted by Gasteiger charge is -2.29. The second kappa shape index (κ2) is 9.52. The summed E-state index contributed by atoms with van der Waals surface area (Å²) in [6.45, 7) is 9.51. The quantitative estimate of drug-likeness (QED) is 0.412. The van der Waals surface area contributed by atoms with Gasteiger partial charge in [-0.25, -0.2) is 14.3 Å². The van der Waals surface area contributed by atoms with Crippen molar-refractivity contribution >= 4 is 35.3 Å². The van der Waals surface area contributed by atoms with Crippen LogP contribution in [-0.2, 0) is 0 Å². The highest BCUT2D eigenvalue weighted by Crippen LogP contribution is 2.35. The van der Waals surface area contributed by atoms with Gasteiger partial charge in [0.15, 0.2) is 5.65 Å². The number of hydrogen-bond acceptors (Lipinski definition) is 6. The summed E-state index contributed by atoms with van der Waals surface area (Å²) in [5, 5.41) is 17.5. The van der Waals surface area contributed by atoms with Crippen LogP contribution >= 0.6 is 0 Å². The first-order chi connectivity index (χ1) is 17.1. The summed E-state index contributed by atoms with van der Waals surface area (Å²) in [7, 11) is 0. The molecule has 1 fully saturated rings. The summed E-state index contributed by atoms with van der Waals surface area (Å²) in [6.07, 6.45) is 7.46. The van der Waals surface area contributed by atoms with E-state index in [4.69, 9.17) is 4.98 Å². The van der Waals surface area contributed by atoms with Gasteiger partial charge in [-0.2, -0.15) is 5.10 Å². The summed E-state index contributed by atoms with van der Waals surface area (Å²) in [5.74, 6) is -1.05. The minimum atomic E-state index is -1.05. The normalized spacial score (nSPS) is 14.3. The highest BCUT2D eigenvalue weighted by molar-refractivity contribution is 6.00. The lowest BCUT2D eigenvalue weighted by atomic mass is 9.95. The maximum atomic E-state index is 11.7. The number of nitrogens with zero attached hydrogens (tertiary/aromatic N) is 5. The van der Waals surface area contributed by atoms with Gasteiger partial charge < -0.3 is 15.3 Å². The standard InChI is InChI=1S/C27H26N6O2/c1-3-21(22-5-4-6-23(27(34)35)25(22)28-2)24-16-31-33-17-19(15-30-26(24)33)18-7-9-20(10-8-18)32-13-11-29-12-14-32/h3-10,15-17,29H,2,11-14H2,1H3,(H,34,35)/b21-3+. The Balaban J connectivity index is 1.49. The number of allylic oxidation sites excluding steroid dienone is 1. The van der Waals surface area contributed by atoms with Gasteiger partial charge in [-0.1, -0.05) is 30.3 Å². The van der Waals surface area contributed by atoms with Crippen molar-refractivity contribution in [2.75, 3.05) is 31.1 Å². The Morgan fingerprint density at radius 2 is 1.80 bits per heavy atom. The molecule has 1 aliphatic rings. The Bertz CT molecular complexity index is 1430. The van der Waals surface area contributed by atoms with E-state index in [1.807, 2.05) is 31.5 Å². The number of benzene rings is 2. The summed E-state index contributed by atoms with van der Waals surface area (Å²) < 4.78 is 1.75. The molecule has 0 aliphatic carbocycles. The monoisotopic (exact) mass is 466 g/mol. The van der Waals surface area contributed by atoms with Gasteiger partial charge in [-0.05, 0) is 43.0 Å². The van der Waals surface area contributed by atoms with Crippen LogP contribution in [0.5, 0.6) is 0 Å². The molecule has 3 heterocycles. The molecule has 8 heteroatoms. The van der Waals surface area contributed by atoms with Crippen LogP contribution in [-0.4, -0.2) is 58.6 Å². The van der Waals surface area contributed by atoms with E-state index in [-0.39, 0.29) is 5.56 Å². The molecule has 1 aliphatic heterocycles.